The lowest BCUT2D eigenvalue weighted by Crippen LogP contribution is -2.46. The first kappa shape index (κ1) is 22.4. The van der Waals surface area contributed by atoms with E-state index >= 15 is 0 Å². The molecule has 0 aromatic heterocycles. The van der Waals surface area contributed by atoms with E-state index in [1.807, 2.05) is 67.9 Å². The number of carbonyl (C=O) groups excluding carboxylic acids is 1. The third-order valence-corrected chi connectivity index (χ3v) is 12.8. The molecule has 1 heterocycles. The van der Waals surface area contributed by atoms with Crippen LogP contribution in [0.1, 0.15) is 52.7 Å². The molecule has 1 amide bonds. The molecule has 3 rings (SSSR count). The minimum Gasteiger partial charge on any atom is -0.548 e. The molecule has 0 fully saturated rings. The van der Waals surface area contributed by atoms with Crippen LogP contribution in [-0.2, 0) is 14.6 Å². The summed E-state index contributed by atoms with van der Waals surface area (Å²) in [6.45, 7) is 13.6. The van der Waals surface area contributed by atoms with E-state index < -0.39 is 13.7 Å². The number of benzene rings is 2. The zero-order valence-corrected chi connectivity index (χ0v) is 20.3. The highest BCUT2D eigenvalue weighted by molar-refractivity contribution is 6.77. The minimum absolute atomic E-state index is 0.0562. The molecule has 2 aromatic carbocycles. The molecule has 1 aliphatic heterocycles. The molecule has 0 unspecified atom stereocenters. The van der Waals surface area contributed by atoms with Gasteiger partial charge in [-0.3, -0.25) is 4.79 Å². The van der Waals surface area contributed by atoms with E-state index in [1.165, 1.54) is 0 Å². The standard InChI is InChI=1S/C26H35NO2Si/c1-19(2)30(20(3)4,21(5)6)29-18-17-26(22-13-9-8-10-14-22)23-15-11-12-16-24(23)27(7)25(26)28/h8-21H,1-7H3/b18-17+/t26-/m0/s1. The van der Waals surface area contributed by atoms with Gasteiger partial charge in [0.15, 0.2) is 0 Å². The van der Waals surface area contributed by atoms with Crippen LogP contribution in [0.25, 0.3) is 0 Å². The van der Waals surface area contributed by atoms with Gasteiger partial charge in [-0.1, -0.05) is 90.1 Å². The van der Waals surface area contributed by atoms with Gasteiger partial charge in [0.05, 0.1) is 6.26 Å². The second kappa shape index (κ2) is 8.42. The first-order valence-electron chi connectivity index (χ1n) is 11.0. The van der Waals surface area contributed by atoms with Gasteiger partial charge in [-0.05, 0) is 39.9 Å². The molecule has 3 nitrogen and oxygen atoms in total. The van der Waals surface area contributed by atoms with Crippen molar-refractivity contribution in [2.45, 2.75) is 63.6 Å². The monoisotopic (exact) mass is 421 g/mol. The highest BCUT2D eigenvalue weighted by atomic mass is 28.4. The van der Waals surface area contributed by atoms with E-state index in [1.54, 1.807) is 4.90 Å². The molecule has 0 radical (unpaired) electrons. The van der Waals surface area contributed by atoms with Gasteiger partial charge in [-0.25, -0.2) is 0 Å². The highest BCUT2D eigenvalue weighted by Crippen LogP contribution is 2.47. The highest BCUT2D eigenvalue weighted by Gasteiger charge is 2.50. The molecular weight excluding hydrogens is 386 g/mol. The number of fused-ring (bicyclic) bond motifs is 1. The zero-order valence-electron chi connectivity index (χ0n) is 19.3. The summed E-state index contributed by atoms with van der Waals surface area (Å²) < 4.78 is 6.71. The van der Waals surface area contributed by atoms with Crippen LogP contribution < -0.4 is 4.90 Å². The predicted molar refractivity (Wildman–Crippen MR) is 128 cm³/mol. The van der Waals surface area contributed by atoms with E-state index in [4.69, 9.17) is 4.43 Å². The van der Waals surface area contributed by atoms with E-state index in [0.717, 1.165) is 16.8 Å². The summed E-state index contributed by atoms with van der Waals surface area (Å²) in [4.78, 5) is 15.4. The molecule has 1 aliphatic rings. The molecule has 0 saturated heterocycles. The number of carbonyl (C=O) groups is 1. The van der Waals surface area contributed by atoms with E-state index in [9.17, 15) is 4.79 Å². The minimum atomic E-state index is -2.08. The third kappa shape index (κ3) is 3.31. The third-order valence-electron chi connectivity index (χ3n) is 6.86. The maximum atomic E-state index is 13.7. The number of para-hydroxylation sites is 1. The Kier molecular flexibility index (Phi) is 6.28. The van der Waals surface area contributed by atoms with Crippen molar-refractivity contribution in [2.75, 3.05) is 11.9 Å². The fourth-order valence-electron chi connectivity index (χ4n) is 5.49. The lowest BCUT2D eigenvalue weighted by atomic mass is 9.75. The van der Waals surface area contributed by atoms with Crippen molar-refractivity contribution >= 4 is 19.9 Å². The van der Waals surface area contributed by atoms with Crippen molar-refractivity contribution in [1.29, 1.82) is 0 Å². The van der Waals surface area contributed by atoms with Crippen LogP contribution in [0.5, 0.6) is 0 Å². The lowest BCUT2D eigenvalue weighted by molar-refractivity contribution is -0.120. The maximum Gasteiger partial charge on any atom is 0.257 e. The number of hydrogen-bond acceptors (Lipinski definition) is 2. The second-order valence-corrected chi connectivity index (χ2v) is 14.7. The maximum absolute atomic E-state index is 13.7. The molecule has 4 heteroatoms. The topological polar surface area (TPSA) is 29.5 Å². The van der Waals surface area contributed by atoms with Gasteiger partial charge in [0.1, 0.15) is 5.41 Å². The number of likely N-dealkylation sites (N-methyl/N-ethyl adjacent to an activating group) is 1. The Morgan fingerprint density at radius 2 is 1.40 bits per heavy atom. The van der Waals surface area contributed by atoms with Gasteiger partial charge in [-0.15, -0.1) is 0 Å². The molecule has 1 atom stereocenters. The van der Waals surface area contributed by atoms with Crippen LogP contribution >= 0.6 is 0 Å². The molecule has 0 N–H and O–H groups in total. The molecule has 2 aromatic rings. The van der Waals surface area contributed by atoms with Crippen molar-refractivity contribution < 1.29 is 9.22 Å². The Hall–Kier alpha value is -2.33. The van der Waals surface area contributed by atoms with Gasteiger partial charge < -0.3 is 9.33 Å². The van der Waals surface area contributed by atoms with Crippen LogP contribution in [0.15, 0.2) is 66.9 Å². The van der Waals surface area contributed by atoms with Crippen molar-refractivity contribution in [3.05, 3.63) is 78.1 Å². The normalized spacial score (nSPS) is 19.4. The summed E-state index contributed by atoms with van der Waals surface area (Å²) in [6.07, 6.45) is 3.86. The van der Waals surface area contributed by atoms with Crippen LogP contribution in [0.2, 0.25) is 16.6 Å². The van der Waals surface area contributed by atoms with Gasteiger partial charge in [-0.2, -0.15) is 0 Å². The molecule has 0 aliphatic carbocycles. The molecule has 160 valence electrons. The van der Waals surface area contributed by atoms with Gasteiger partial charge in [0.2, 0.25) is 5.91 Å². The quantitative estimate of drug-likeness (QED) is 0.370. The van der Waals surface area contributed by atoms with Gasteiger partial charge >= 0.3 is 0 Å². The first-order chi connectivity index (χ1) is 14.2. The number of hydrogen-bond donors (Lipinski definition) is 0. The molecular formula is C26H35NO2Si. The fourth-order valence-corrected chi connectivity index (χ4v) is 10.6. The van der Waals surface area contributed by atoms with E-state index in [2.05, 4.69) is 47.6 Å². The molecule has 30 heavy (non-hydrogen) atoms. The smallest absolute Gasteiger partial charge is 0.257 e. The van der Waals surface area contributed by atoms with Gasteiger partial charge in [0.25, 0.3) is 8.32 Å². The Morgan fingerprint density at radius 3 is 1.97 bits per heavy atom. The molecule has 0 bridgehead atoms. The van der Waals surface area contributed by atoms with Crippen LogP contribution in [0.3, 0.4) is 0 Å². The first-order valence-corrected chi connectivity index (χ1v) is 13.1. The summed E-state index contributed by atoms with van der Waals surface area (Å²) >= 11 is 0. The summed E-state index contributed by atoms with van der Waals surface area (Å²) in [6, 6.07) is 18.1. The average Bonchev–Trinajstić information content (AvgIpc) is 2.94. The Balaban J connectivity index is 2.14. The Bertz CT molecular complexity index is 898. The average molecular weight is 422 g/mol. The van der Waals surface area contributed by atoms with Crippen LogP contribution in [0, 0.1) is 0 Å². The van der Waals surface area contributed by atoms with Crippen molar-refractivity contribution in [3.63, 3.8) is 0 Å². The molecule has 0 spiro atoms. The number of nitrogens with zero attached hydrogens (tertiary/aromatic N) is 1. The largest absolute Gasteiger partial charge is 0.548 e. The summed E-state index contributed by atoms with van der Waals surface area (Å²) in [5, 5.41) is 0. The summed E-state index contributed by atoms with van der Waals surface area (Å²) in [5.74, 6) is 0.0562. The van der Waals surface area contributed by atoms with Crippen LogP contribution in [-0.4, -0.2) is 21.3 Å². The number of rotatable bonds is 7. The number of amides is 1. The Labute approximate surface area is 182 Å². The summed E-state index contributed by atoms with van der Waals surface area (Å²) in [5.41, 5.74) is 3.50. The van der Waals surface area contributed by atoms with Crippen molar-refractivity contribution in [1.82, 2.24) is 0 Å². The summed E-state index contributed by atoms with van der Waals surface area (Å²) in [7, 11) is -0.219. The van der Waals surface area contributed by atoms with Gasteiger partial charge in [0, 0.05) is 12.7 Å². The SMILES string of the molecule is CC(C)[Si](O/C=C/[C@@]1(c2ccccc2)C(=O)N(C)c2ccccc21)(C(C)C)C(C)C. The van der Waals surface area contributed by atoms with Crippen molar-refractivity contribution in [2.24, 2.45) is 0 Å². The molecule has 0 saturated carbocycles. The predicted octanol–water partition coefficient (Wildman–Crippen LogP) is 6.65. The number of anilines is 1. The van der Waals surface area contributed by atoms with Crippen molar-refractivity contribution in [3.8, 4) is 0 Å². The zero-order chi connectivity index (χ0) is 22.1. The van der Waals surface area contributed by atoms with E-state index in [0.29, 0.717) is 16.6 Å². The van der Waals surface area contributed by atoms with E-state index in [-0.39, 0.29) is 5.91 Å². The van der Waals surface area contributed by atoms with Crippen LogP contribution in [0.4, 0.5) is 5.69 Å². The fraction of sp³-hybridized carbons (Fsp3) is 0.423. The lowest BCUT2D eigenvalue weighted by Gasteiger charge is -2.41. The second-order valence-electron chi connectivity index (χ2n) is 9.29. The Morgan fingerprint density at radius 1 is 0.867 bits per heavy atom.